The molecule has 0 aromatic carbocycles. The number of aromatic nitrogens is 1. The largest absolute Gasteiger partial charge is 0.345 e. The van der Waals surface area contributed by atoms with Gasteiger partial charge in [-0.25, -0.2) is 4.98 Å². The molecule has 1 aromatic rings. The van der Waals surface area contributed by atoms with E-state index in [0.29, 0.717) is 6.04 Å². The number of nitrogens with zero attached hydrogens (tertiary/aromatic N) is 2. The van der Waals surface area contributed by atoms with Crippen LogP contribution in [0.1, 0.15) is 52.7 Å². The first-order valence-electron chi connectivity index (χ1n) is 7.50. The molecular formula is C15H27N3S. The van der Waals surface area contributed by atoms with Crippen LogP contribution in [0.3, 0.4) is 0 Å². The average Bonchev–Trinajstić information content (AvgIpc) is 3.05. The van der Waals surface area contributed by atoms with E-state index in [-0.39, 0.29) is 0 Å². The van der Waals surface area contributed by atoms with Crippen molar-refractivity contribution in [3.05, 3.63) is 11.1 Å². The molecule has 0 aliphatic heterocycles. The number of hydrogen-bond acceptors (Lipinski definition) is 4. The molecule has 4 heteroatoms. The fourth-order valence-electron chi connectivity index (χ4n) is 2.04. The number of rotatable bonds is 8. The molecule has 0 bridgehead atoms. The average molecular weight is 281 g/mol. The highest BCUT2D eigenvalue weighted by atomic mass is 32.1. The summed E-state index contributed by atoms with van der Waals surface area (Å²) in [4.78, 5) is 7.33. The summed E-state index contributed by atoms with van der Waals surface area (Å²) < 4.78 is 0. The van der Waals surface area contributed by atoms with Gasteiger partial charge in [0.2, 0.25) is 0 Å². The lowest BCUT2D eigenvalue weighted by molar-refractivity contribution is 0.567. The summed E-state index contributed by atoms with van der Waals surface area (Å²) in [6.45, 7) is 11.0. The smallest absolute Gasteiger partial charge is 0.185 e. The van der Waals surface area contributed by atoms with E-state index < -0.39 is 0 Å². The predicted molar refractivity (Wildman–Crippen MR) is 83.9 cm³/mol. The lowest BCUT2D eigenvalue weighted by Crippen LogP contribution is -2.28. The van der Waals surface area contributed by atoms with Crippen LogP contribution in [0, 0.1) is 5.92 Å². The van der Waals surface area contributed by atoms with Crippen molar-refractivity contribution >= 4 is 16.5 Å². The Balaban J connectivity index is 1.93. The Bertz CT molecular complexity index is 382. The van der Waals surface area contributed by atoms with Gasteiger partial charge in [0.15, 0.2) is 5.13 Å². The molecule has 3 nitrogen and oxygen atoms in total. The van der Waals surface area contributed by atoms with Gasteiger partial charge in [-0.2, -0.15) is 0 Å². The second-order valence-corrected chi connectivity index (χ2v) is 7.10. The molecule has 1 aromatic heterocycles. The van der Waals surface area contributed by atoms with Crippen LogP contribution >= 0.6 is 11.3 Å². The first-order chi connectivity index (χ1) is 9.06. The summed E-state index contributed by atoms with van der Waals surface area (Å²) in [5, 5.41) is 6.86. The Kier molecular flexibility index (Phi) is 5.22. The predicted octanol–water partition coefficient (Wildman–Crippen LogP) is 3.66. The van der Waals surface area contributed by atoms with Crippen molar-refractivity contribution in [2.45, 2.75) is 65.6 Å². The summed E-state index contributed by atoms with van der Waals surface area (Å²) in [7, 11) is 0. The van der Waals surface area contributed by atoms with E-state index in [1.54, 1.807) is 11.3 Å². The van der Waals surface area contributed by atoms with Crippen molar-refractivity contribution in [2.75, 3.05) is 11.4 Å². The zero-order valence-corrected chi connectivity index (χ0v) is 13.5. The maximum Gasteiger partial charge on any atom is 0.185 e. The number of thiazole rings is 1. The topological polar surface area (TPSA) is 28.2 Å². The molecule has 19 heavy (non-hydrogen) atoms. The van der Waals surface area contributed by atoms with Crippen LogP contribution in [0.5, 0.6) is 0 Å². The van der Waals surface area contributed by atoms with Crippen molar-refractivity contribution in [1.82, 2.24) is 10.3 Å². The second kappa shape index (κ2) is 6.71. The van der Waals surface area contributed by atoms with Gasteiger partial charge in [0, 0.05) is 30.6 Å². The summed E-state index contributed by atoms with van der Waals surface area (Å²) in [6.07, 6.45) is 3.95. The highest BCUT2D eigenvalue weighted by Crippen LogP contribution is 2.33. The Labute approximate surface area is 121 Å². The standard InChI is InChI=1S/C15H27N3S/c1-11(2)7-8-18(14-5-6-14)15-17-13(10-19-15)9-16-12(3)4/h10-12,14,16H,5-9H2,1-4H3. The van der Waals surface area contributed by atoms with Crippen molar-refractivity contribution < 1.29 is 0 Å². The quantitative estimate of drug-likeness (QED) is 0.788. The van der Waals surface area contributed by atoms with E-state index in [0.717, 1.165) is 25.0 Å². The van der Waals surface area contributed by atoms with Crippen LogP contribution < -0.4 is 10.2 Å². The number of nitrogens with one attached hydrogen (secondary N) is 1. The lowest BCUT2D eigenvalue weighted by atomic mass is 10.1. The molecule has 0 saturated heterocycles. The minimum Gasteiger partial charge on any atom is -0.345 e. The summed E-state index contributed by atoms with van der Waals surface area (Å²) in [5.41, 5.74) is 1.18. The summed E-state index contributed by atoms with van der Waals surface area (Å²) in [5.74, 6) is 0.767. The van der Waals surface area contributed by atoms with Crippen molar-refractivity contribution in [1.29, 1.82) is 0 Å². The van der Waals surface area contributed by atoms with Crippen LogP contribution in [0.25, 0.3) is 0 Å². The molecule has 1 saturated carbocycles. The van der Waals surface area contributed by atoms with Crippen LogP contribution in [0.15, 0.2) is 5.38 Å². The van der Waals surface area contributed by atoms with Crippen molar-refractivity contribution in [2.24, 2.45) is 5.92 Å². The molecule has 0 atom stereocenters. The molecule has 1 heterocycles. The number of hydrogen-bond donors (Lipinski definition) is 1. The van der Waals surface area contributed by atoms with Gasteiger partial charge in [-0.15, -0.1) is 11.3 Å². The van der Waals surface area contributed by atoms with Gasteiger partial charge < -0.3 is 10.2 Å². The first kappa shape index (κ1) is 14.8. The molecule has 0 spiro atoms. The molecule has 1 aliphatic carbocycles. The van der Waals surface area contributed by atoms with E-state index in [4.69, 9.17) is 4.98 Å². The third kappa shape index (κ3) is 4.77. The molecular weight excluding hydrogens is 254 g/mol. The highest BCUT2D eigenvalue weighted by molar-refractivity contribution is 7.13. The van der Waals surface area contributed by atoms with Gasteiger partial charge in [0.25, 0.3) is 0 Å². The minimum atomic E-state index is 0.519. The van der Waals surface area contributed by atoms with Gasteiger partial charge >= 0.3 is 0 Å². The Morgan fingerprint density at radius 2 is 2.11 bits per heavy atom. The summed E-state index contributed by atoms with van der Waals surface area (Å²) in [6, 6.07) is 1.28. The van der Waals surface area contributed by atoms with Gasteiger partial charge in [0.1, 0.15) is 0 Å². The molecule has 108 valence electrons. The monoisotopic (exact) mass is 281 g/mol. The Hall–Kier alpha value is -0.610. The van der Waals surface area contributed by atoms with Crippen molar-refractivity contribution in [3.63, 3.8) is 0 Å². The zero-order chi connectivity index (χ0) is 13.8. The van der Waals surface area contributed by atoms with Crippen LogP contribution in [0.2, 0.25) is 0 Å². The highest BCUT2D eigenvalue weighted by Gasteiger charge is 2.30. The van der Waals surface area contributed by atoms with Gasteiger partial charge in [-0.3, -0.25) is 0 Å². The minimum absolute atomic E-state index is 0.519. The molecule has 0 radical (unpaired) electrons. The van der Waals surface area contributed by atoms with Crippen LogP contribution in [-0.4, -0.2) is 23.6 Å². The van der Waals surface area contributed by atoms with Crippen LogP contribution in [-0.2, 0) is 6.54 Å². The van der Waals surface area contributed by atoms with E-state index >= 15 is 0 Å². The maximum atomic E-state index is 4.80. The first-order valence-corrected chi connectivity index (χ1v) is 8.38. The molecule has 2 rings (SSSR count). The SMILES string of the molecule is CC(C)CCN(c1nc(CNC(C)C)cs1)C1CC1. The fourth-order valence-corrected chi connectivity index (χ4v) is 2.96. The van der Waals surface area contributed by atoms with Crippen LogP contribution in [0.4, 0.5) is 5.13 Å². The fraction of sp³-hybridized carbons (Fsp3) is 0.800. The third-order valence-electron chi connectivity index (χ3n) is 3.41. The Morgan fingerprint density at radius 1 is 1.37 bits per heavy atom. The van der Waals surface area contributed by atoms with Gasteiger partial charge in [-0.05, 0) is 25.2 Å². The summed E-state index contributed by atoms with van der Waals surface area (Å²) >= 11 is 1.80. The molecule has 0 amide bonds. The molecule has 1 N–H and O–H groups in total. The van der Waals surface area contributed by atoms with E-state index in [2.05, 4.69) is 43.3 Å². The van der Waals surface area contributed by atoms with Gasteiger partial charge in [-0.1, -0.05) is 27.7 Å². The molecule has 1 aliphatic rings. The zero-order valence-electron chi connectivity index (χ0n) is 12.6. The van der Waals surface area contributed by atoms with Gasteiger partial charge in [0.05, 0.1) is 5.69 Å². The third-order valence-corrected chi connectivity index (χ3v) is 4.34. The molecule has 1 fully saturated rings. The van der Waals surface area contributed by atoms with E-state index in [1.807, 2.05) is 0 Å². The van der Waals surface area contributed by atoms with E-state index in [1.165, 1.54) is 30.1 Å². The van der Waals surface area contributed by atoms with Crippen molar-refractivity contribution in [3.8, 4) is 0 Å². The normalized spacial score (nSPS) is 15.5. The number of anilines is 1. The lowest BCUT2D eigenvalue weighted by Gasteiger charge is -2.22. The molecule has 0 unspecified atom stereocenters. The van der Waals surface area contributed by atoms with E-state index in [9.17, 15) is 0 Å². The second-order valence-electron chi connectivity index (χ2n) is 6.26. The maximum absolute atomic E-state index is 4.80. The Morgan fingerprint density at radius 3 is 2.68 bits per heavy atom.